The molecule has 144 valence electrons. The number of amides is 1. The first kappa shape index (κ1) is 19.3. The number of nitrogens with one attached hydrogen (secondary N) is 1. The summed E-state index contributed by atoms with van der Waals surface area (Å²) in [5.41, 5.74) is 0.956. The van der Waals surface area contributed by atoms with Gasteiger partial charge in [0.2, 0.25) is 10.0 Å². The van der Waals surface area contributed by atoms with E-state index in [2.05, 4.69) is 10.00 Å². The molecule has 0 unspecified atom stereocenters. The lowest BCUT2D eigenvalue weighted by Gasteiger charge is -2.22. The van der Waals surface area contributed by atoms with Gasteiger partial charge in [-0.15, -0.1) is 11.3 Å². The molecular formula is C17H26N4O3S2. The molecular weight excluding hydrogens is 372 g/mol. The molecule has 0 aromatic carbocycles. The fourth-order valence-corrected chi connectivity index (χ4v) is 4.91. The fraction of sp³-hybridized carbons (Fsp3) is 0.647. The van der Waals surface area contributed by atoms with E-state index in [1.807, 2.05) is 13.0 Å². The maximum atomic E-state index is 12.4. The SMILES string of the molecule is Cc1nn(C2CCCCC2)c2sc(C(=O)NCCN(C)S(C)(=O)=O)cc12. The van der Waals surface area contributed by atoms with Gasteiger partial charge in [0, 0.05) is 25.5 Å². The second-order valence-electron chi connectivity index (χ2n) is 6.99. The summed E-state index contributed by atoms with van der Waals surface area (Å²) >= 11 is 1.47. The number of rotatable bonds is 6. The summed E-state index contributed by atoms with van der Waals surface area (Å²) in [7, 11) is -1.72. The molecule has 2 aromatic heterocycles. The second-order valence-corrected chi connectivity index (χ2v) is 10.1. The molecule has 0 spiro atoms. The third-order valence-electron chi connectivity index (χ3n) is 4.99. The lowest BCUT2D eigenvalue weighted by atomic mass is 9.96. The highest BCUT2D eigenvalue weighted by atomic mass is 32.2. The summed E-state index contributed by atoms with van der Waals surface area (Å²) in [4.78, 5) is 14.2. The van der Waals surface area contributed by atoms with Gasteiger partial charge in [-0.1, -0.05) is 19.3 Å². The molecule has 1 aliphatic rings. The highest BCUT2D eigenvalue weighted by Crippen LogP contribution is 2.35. The first-order valence-electron chi connectivity index (χ1n) is 8.95. The molecule has 3 rings (SSSR count). The Balaban J connectivity index is 1.71. The summed E-state index contributed by atoms with van der Waals surface area (Å²) in [5.74, 6) is -0.164. The van der Waals surface area contributed by atoms with Gasteiger partial charge in [-0.25, -0.2) is 12.7 Å². The molecule has 7 nitrogen and oxygen atoms in total. The van der Waals surface area contributed by atoms with Gasteiger partial charge in [0.05, 0.1) is 22.9 Å². The first-order valence-corrected chi connectivity index (χ1v) is 11.6. The highest BCUT2D eigenvalue weighted by Gasteiger charge is 2.22. The van der Waals surface area contributed by atoms with Crippen LogP contribution in [0.2, 0.25) is 0 Å². The molecule has 1 aliphatic carbocycles. The summed E-state index contributed by atoms with van der Waals surface area (Å²) in [5, 5.41) is 8.56. The minimum atomic E-state index is -3.23. The van der Waals surface area contributed by atoms with Crippen LogP contribution in [0.15, 0.2) is 6.07 Å². The average Bonchev–Trinajstić information content (AvgIpc) is 3.15. The summed E-state index contributed by atoms with van der Waals surface area (Å²) in [6, 6.07) is 2.33. The van der Waals surface area contributed by atoms with E-state index in [1.165, 1.54) is 42.0 Å². The van der Waals surface area contributed by atoms with Crippen molar-refractivity contribution in [3.8, 4) is 0 Å². The summed E-state index contributed by atoms with van der Waals surface area (Å²) < 4.78 is 26.1. The van der Waals surface area contributed by atoms with Gasteiger partial charge in [0.25, 0.3) is 5.91 Å². The van der Waals surface area contributed by atoms with E-state index in [4.69, 9.17) is 5.10 Å². The topological polar surface area (TPSA) is 84.3 Å². The molecule has 1 fully saturated rings. The monoisotopic (exact) mass is 398 g/mol. The van der Waals surface area contributed by atoms with Crippen LogP contribution in [0.25, 0.3) is 10.2 Å². The number of likely N-dealkylation sites (N-methyl/N-ethyl adjacent to an activating group) is 1. The van der Waals surface area contributed by atoms with Crippen LogP contribution < -0.4 is 5.32 Å². The zero-order valence-corrected chi connectivity index (χ0v) is 17.1. The van der Waals surface area contributed by atoms with Crippen LogP contribution in [0.3, 0.4) is 0 Å². The quantitative estimate of drug-likeness (QED) is 0.810. The van der Waals surface area contributed by atoms with Crippen molar-refractivity contribution >= 4 is 37.5 Å². The molecule has 0 aliphatic heterocycles. The van der Waals surface area contributed by atoms with E-state index in [1.54, 1.807) is 0 Å². The van der Waals surface area contributed by atoms with Crippen LogP contribution in [0.4, 0.5) is 0 Å². The van der Waals surface area contributed by atoms with Crippen LogP contribution in [0, 0.1) is 6.92 Å². The van der Waals surface area contributed by atoms with Gasteiger partial charge in [-0.3, -0.25) is 9.48 Å². The maximum absolute atomic E-state index is 12.4. The minimum absolute atomic E-state index is 0.164. The standard InChI is InChI=1S/C17H26N4O3S2/c1-12-14-11-15(16(22)18-9-10-20(2)26(3,23)24)25-17(14)21(19-12)13-7-5-4-6-8-13/h11,13H,4-10H2,1-3H3,(H,18,22). The fourth-order valence-electron chi connectivity index (χ4n) is 3.34. The van der Waals surface area contributed by atoms with Crippen molar-refractivity contribution in [1.29, 1.82) is 0 Å². The van der Waals surface area contributed by atoms with Gasteiger partial charge < -0.3 is 5.32 Å². The van der Waals surface area contributed by atoms with Crippen molar-refractivity contribution in [3.63, 3.8) is 0 Å². The van der Waals surface area contributed by atoms with Crippen molar-refractivity contribution in [3.05, 3.63) is 16.6 Å². The number of thiophene rings is 1. The Bertz CT molecular complexity index is 895. The molecule has 1 N–H and O–H groups in total. The van der Waals surface area contributed by atoms with E-state index in [0.29, 0.717) is 10.9 Å². The number of aromatic nitrogens is 2. The predicted molar refractivity (Wildman–Crippen MR) is 104 cm³/mol. The van der Waals surface area contributed by atoms with Gasteiger partial charge in [-0.05, 0) is 25.8 Å². The number of fused-ring (bicyclic) bond motifs is 1. The summed E-state index contributed by atoms with van der Waals surface area (Å²) in [6.07, 6.45) is 7.21. The number of aryl methyl sites for hydroxylation is 1. The van der Waals surface area contributed by atoms with Crippen molar-refractivity contribution in [2.24, 2.45) is 0 Å². The zero-order chi connectivity index (χ0) is 18.9. The van der Waals surface area contributed by atoms with E-state index in [9.17, 15) is 13.2 Å². The Kier molecular flexibility index (Phi) is 5.69. The van der Waals surface area contributed by atoms with E-state index < -0.39 is 10.0 Å². The van der Waals surface area contributed by atoms with Crippen LogP contribution in [-0.2, 0) is 10.0 Å². The minimum Gasteiger partial charge on any atom is -0.350 e. The highest BCUT2D eigenvalue weighted by molar-refractivity contribution is 7.88. The van der Waals surface area contributed by atoms with Crippen molar-refractivity contribution < 1.29 is 13.2 Å². The van der Waals surface area contributed by atoms with E-state index >= 15 is 0 Å². The van der Waals surface area contributed by atoms with Crippen molar-refractivity contribution in [2.75, 3.05) is 26.4 Å². The number of nitrogens with zero attached hydrogens (tertiary/aromatic N) is 3. The third kappa shape index (κ3) is 4.10. The van der Waals surface area contributed by atoms with Crippen molar-refractivity contribution in [2.45, 2.75) is 45.1 Å². The van der Waals surface area contributed by atoms with Gasteiger partial charge in [0.1, 0.15) is 4.83 Å². The van der Waals surface area contributed by atoms with Crippen molar-refractivity contribution in [1.82, 2.24) is 19.4 Å². The molecule has 2 aromatic rings. The lowest BCUT2D eigenvalue weighted by molar-refractivity contribution is 0.0956. The molecule has 0 saturated heterocycles. The van der Waals surface area contributed by atoms with Gasteiger partial charge in [0.15, 0.2) is 0 Å². The lowest BCUT2D eigenvalue weighted by Crippen LogP contribution is -2.35. The van der Waals surface area contributed by atoms with Gasteiger partial charge >= 0.3 is 0 Å². The molecule has 0 bridgehead atoms. The van der Waals surface area contributed by atoms with Crippen LogP contribution in [0.5, 0.6) is 0 Å². The predicted octanol–water partition coefficient (Wildman–Crippen LogP) is 2.53. The molecule has 0 atom stereocenters. The molecule has 1 amide bonds. The molecule has 1 saturated carbocycles. The molecule has 26 heavy (non-hydrogen) atoms. The largest absolute Gasteiger partial charge is 0.350 e. The molecule has 2 heterocycles. The number of sulfonamides is 1. The zero-order valence-electron chi connectivity index (χ0n) is 15.5. The number of hydrogen-bond donors (Lipinski definition) is 1. The maximum Gasteiger partial charge on any atom is 0.261 e. The smallest absolute Gasteiger partial charge is 0.261 e. The first-order chi connectivity index (χ1) is 12.3. The third-order valence-corrected chi connectivity index (χ3v) is 7.43. The van der Waals surface area contributed by atoms with Crippen LogP contribution in [-0.4, -0.2) is 54.8 Å². The Morgan fingerprint density at radius 2 is 2.08 bits per heavy atom. The van der Waals surface area contributed by atoms with Crippen LogP contribution >= 0.6 is 11.3 Å². The Morgan fingerprint density at radius 1 is 1.38 bits per heavy atom. The van der Waals surface area contributed by atoms with E-state index in [-0.39, 0.29) is 19.0 Å². The van der Waals surface area contributed by atoms with E-state index in [0.717, 1.165) is 35.0 Å². The average molecular weight is 399 g/mol. The second kappa shape index (κ2) is 7.66. The molecule has 9 heteroatoms. The normalized spacial score (nSPS) is 16.5. The van der Waals surface area contributed by atoms with Crippen LogP contribution in [0.1, 0.15) is 53.5 Å². The van der Waals surface area contributed by atoms with Gasteiger partial charge in [-0.2, -0.15) is 5.10 Å². The number of carbonyl (C=O) groups excluding carboxylic acids is 1. The Hall–Kier alpha value is -1.45. The Morgan fingerprint density at radius 3 is 2.73 bits per heavy atom. The number of hydrogen-bond acceptors (Lipinski definition) is 5. The number of carbonyl (C=O) groups is 1. The molecule has 0 radical (unpaired) electrons. The Labute approximate surface area is 158 Å². The summed E-state index contributed by atoms with van der Waals surface area (Å²) in [6.45, 7) is 2.52.